The van der Waals surface area contributed by atoms with Crippen LogP contribution in [0.15, 0.2) is 60.7 Å². The third-order valence-corrected chi connectivity index (χ3v) is 7.31. The van der Waals surface area contributed by atoms with Crippen LogP contribution in [0, 0.1) is 0 Å². The van der Waals surface area contributed by atoms with E-state index in [1.165, 1.54) is 11.1 Å². The van der Waals surface area contributed by atoms with Crippen molar-refractivity contribution in [2.75, 3.05) is 5.75 Å². The predicted molar refractivity (Wildman–Crippen MR) is 136 cm³/mol. The number of benzene rings is 2. The average Bonchev–Trinajstić information content (AvgIpc) is 2.76. The Hall–Kier alpha value is -1.20. The Bertz CT molecular complexity index is 702. The molecule has 2 nitrogen and oxygen atoms in total. The highest BCUT2D eigenvalue weighted by Crippen LogP contribution is 2.39. The van der Waals surface area contributed by atoms with Gasteiger partial charge in [0.05, 0.1) is 23.5 Å². The lowest BCUT2D eigenvalue weighted by Crippen LogP contribution is -2.29. The molecule has 0 fully saturated rings. The molecule has 2 rings (SSSR count). The van der Waals surface area contributed by atoms with Gasteiger partial charge < -0.3 is 5.11 Å². The standard InChI is InChI=1S/C22H27B3S2.CH2O2/c1-2-21(23,24)13-14-22(25,27-18-20-11-7-4-8-12-20)15-16-26-17-19-9-5-3-6-10-19;2-1-3/h3-12H,2,13-18H2,1H3;1H,(H,2,3). The van der Waals surface area contributed by atoms with E-state index in [4.69, 9.17) is 33.4 Å². The van der Waals surface area contributed by atoms with Crippen LogP contribution in [0.2, 0.25) is 5.21 Å². The molecule has 2 aromatic rings. The van der Waals surface area contributed by atoms with Gasteiger partial charge in [-0.05, 0) is 34.4 Å². The van der Waals surface area contributed by atoms with Gasteiger partial charge in [0.15, 0.2) is 0 Å². The molecule has 0 aliphatic rings. The Balaban J connectivity index is 0.00000141. The van der Waals surface area contributed by atoms with Gasteiger partial charge in [0.2, 0.25) is 0 Å². The molecule has 0 aromatic heterocycles. The van der Waals surface area contributed by atoms with Crippen molar-refractivity contribution in [1.29, 1.82) is 0 Å². The van der Waals surface area contributed by atoms with E-state index in [0.717, 1.165) is 42.9 Å². The first-order valence-electron chi connectivity index (χ1n) is 10.1. The van der Waals surface area contributed by atoms with Gasteiger partial charge >= 0.3 is 0 Å². The molecule has 1 unspecified atom stereocenters. The van der Waals surface area contributed by atoms with Crippen LogP contribution in [-0.4, -0.2) is 45.5 Å². The molecular formula is C23H29B3O2S2. The highest BCUT2D eigenvalue weighted by Gasteiger charge is 2.27. The van der Waals surface area contributed by atoms with Gasteiger partial charge in [-0.2, -0.15) is 23.5 Å². The molecule has 154 valence electrons. The normalized spacial score (nSPS) is 13.0. The maximum Gasteiger partial charge on any atom is 0.290 e. The van der Waals surface area contributed by atoms with Gasteiger partial charge in [-0.3, -0.25) is 4.79 Å². The molecule has 2 aromatic carbocycles. The SMILES string of the molecule is O=CO.[B]C([B])(CC)CCC([B])(CCSCc1ccccc1)SCc1ccccc1. The quantitative estimate of drug-likeness (QED) is 0.274. The zero-order valence-corrected chi connectivity index (χ0v) is 19.3. The van der Waals surface area contributed by atoms with Crippen LogP contribution in [0.5, 0.6) is 0 Å². The van der Waals surface area contributed by atoms with Crippen molar-refractivity contribution in [2.24, 2.45) is 0 Å². The van der Waals surface area contributed by atoms with E-state index in [-0.39, 0.29) is 11.1 Å². The van der Waals surface area contributed by atoms with Crippen LogP contribution in [-0.2, 0) is 16.3 Å². The third kappa shape index (κ3) is 11.9. The lowest BCUT2D eigenvalue weighted by Gasteiger charge is -2.34. The van der Waals surface area contributed by atoms with Gasteiger partial charge in [-0.25, -0.2) is 0 Å². The monoisotopic (exact) mass is 434 g/mol. The number of hydrogen-bond donors (Lipinski definition) is 1. The lowest BCUT2D eigenvalue weighted by molar-refractivity contribution is -0.122. The summed E-state index contributed by atoms with van der Waals surface area (Å²) in [4.78, 5) is 8.36. The van der Waals surface area contributed by atoms with Crippen LogP contribution in [0.1, 0.15) is 43.7 Å². The Morgan fingerprint density at radius 2 is 1.37 bits per heavy atom. The van der Waals surface area contributed by atoms with E-state index in [9.17, 15) is 0 Å². The summed E-state index contributed by atoms with van der Waals surface area (Å²) in [6.07, 6.45) is 3.28. The Morgan fingerprint density at radius 3 is 1.87 bits per heavy atom. The number of rotatable bonds is 12. The minimum Gasteiger partial charge on any atom is -0.483 e. The maximum atomic E-state index is 8.36. The van der Waals surface area contributed by atoms with Gasteiger partial charge in [-0.1, -0.05) is 85.6 Å². The second-order valence-corrected chi connectivity index (χ2v) is 9.81. The first kappa shape index (κ1) is 26.8. The van der Waals surface area contributed by atoms with Gasteiger partial charge in [0, 0.05) is 11.5 Å². The number of carboxylic acid groups (broad SMARTS) is 1. The molecule has 0 amide bonds. The minimum absolute atomic E-state index is 0.250. The molecule has 0 heterocycles. The van der Waals surface area contributed by atoms with E-state index < -0.39 is 5.21 Å². The van der Waals surface area contributed by atoms with Crippen molar-refractivity contribution < 1.29 is 9.90 Å². The summed E-state index contributed by atoms with van der Waals surface area (Å²) < 4.78 is -0.307. The summed E-state index contributed by atoms with van der Waals surface area (Å²) in [5.41, 5.74) is 2.66. The van der Waals surface area contributed by atoms with E-state index >= 15 is 0 Å². The van der Waals surface area contributed by atoms with Crippen molar-refractivity contribution in [3.63, 3.8) is 0 Å². The molecule has 1 N–H and O–H groups in total. The summed E-state index contributed by atoms with van der Waals surface area (Å²) in [6, 6.07) is 21.1. The smallest absolute Gasteiger partial charge is 0.290 e. The van der Waals surface area contributed by atoms with Crippen molar-refractivity contribution in [2.45, 2.75) is 54.0 Å². The van der Waals surface area contributed by atoms with E-state index in [0.29, 0.717) is 0 Å². The molecule has 6 radical (unpaired) electrons. The van der Waals surface area contributed by atoms with Gasteiger partial charge in [0.25, 0.3) is 6.47 Å². The molecule has 0 bridgehead atoms. The summed E-state index contributed by atoms with van der Waals surface area (Å²) in [6.45, 7) is 1.78. The lowest BCUT2D eigenvalue weighted by atomic mass is 9.50. The molecule has 0 saturated carbocycles. The highest BCUT2D eigenvalue weighted by molar-refractivity contribution is 8.01. The van der Waals surface area contributed by atoms with E-state index in [1.54, 1.807) is 0 Å². The molecule has 0 saturated heterocycles. The fourth-order valence-corrected chi connectivity index (χ4v) is 5.05. The molecule has 1 atom stereocenters. The largest absolute Gasteiger partial charge is 0.483 e. The fraction of sp³-hybridized carbons (Fsp3) is 0.435. The van der Waals surface area contributed by atoms with E-state index in [1.807, 2.05) is 36.5 Å². The van der Waals surface area contributed by atoms with Crippen molar-refractivity contribution in [3.05, 3.63) is 71.8 Å². The van der Waals surface area contributed by atoms with Crippen LogP contribution in [0.3, 0.4) is 0 Å². The zero-order valence-electron chi connectivity index (χ0n) is 17.7. The number of thioether (sulfide) groups is 2. The number of hydrogen-bond acceptors (Lipinski definition) is 3. The molecule has 0 spiro atoms. The van der Waals surface area contributed by atoms with Gasteiger partial charge in [-0.15, -0.1) is 0 Å². The first-order valence-corrected chi connectivity index (χ1v) is 12.2. The Kier molecular flexibility index (Phi) is 13.2. The molecule has 7 heteroatoms. The minimum atomic E-state index is -0.630. The Morgan fingerprint density at radius 1 is 0.867 bits per heavy atom. The van der Waals surface area contributed by atoms with E-state index in [2.05, 4.69) is 54.6 Å². The van der Waals surface area contributed by atoms with Crippen LogP contribution >= 0.6 is 23.5 Å². The van der Waals surface area contributed by atoms with Crippen molar-refractivity contribution in [3.8, 4) is 0 Å². The average molecular weight is 434 g/mol. The third-order valence-electron chi connectivity index (χ3n) is 4.82. The predicted octanol–water partition coefficient (Wildman–Crippen LogP) is 5.45. The summed E-state index contributed by atoms with van der Waals surface area (Å²) in [5.74, 6) is 2.96. The summed E-state index contributed by atoms with van der Waals surface area (Å²) in [7, 11) is 19.2. The summed E-state index contributed by atoms with van der Waals surface area (Å²) >= 11 is 3.77. The fourth-order valence-electron chi connectivity index (χ4n) is 2.70. The molecule has 30 heavy (non-hydrogen) atoms. The molecule has 0 aliphatic heterocycles. The maximum absolute atomic E-state index is 8.36. The zero-order chi connectivity index (χ0) is 22.3. The number of carbonyl (C=O) groups is 1. The molecular weight excluding hydrogens is 405 g/mol. The summed E-state index contributed by atoms with van der Waals surface area (Å²) in [5, 5.41) is 6.26. The Labute approximate surface area is 194 Å². The van der Waals surface area contributed by atoms with Crippen molar-refractivity contribution >= 4 is 53.5 Å². The van der Waals surface area contributed by atoms with Gasteiger partial charge in [0.1, 0.15) is 0 Å². The second kappa shape index (κ2) is 14.7. The topological polar surface area (TPSA) is 37.3 Å². The van der Waals surface area contributed by atoms with Crippen molar-refractivity contribution in [1.82, 2.24) is 0 Å². The molecule has 0 aliphatic carbocycles. The first-order chi connectivity index (χ1) is 14.3. The van der Waals surface area contributed by atoms with Crippen LogP contribution < -0.4 is 0 Å². The second-order valence-electron chi connectivity index (χ2n) is 7.32. The van der Waals surface area contributed by atoms with Crippen LogP contribution in [0.25, 0.3) is 0 Å². The van der Waals surface area contributed by atoms with Crippen LogP contribution in [0.4, 0.5) is 0 Å². The highest BCUT2D eigenvalue weighted by atomic mass is 32.2.